The summed E-state index contributed by atoms with van der Waals surface area (Å²) in [6.45, 7) is 1.27. The van der Waals surface area contributed by atoms with Gasteiger partial charge in [-0.05, 0) is 73.1 Å². The lowest BCUT2D eigenvalue weighted by Crippen LogP contribution is -2.56. The van der Waals surface area contributed by atoms with Crippen LogP contribution in [-0.4, -0.2) is 69.9 Å². The van der Waals surface area contributed by atoms with E-state index in [0.29, 0.717) is 16.9 Å². The first-order valence-electron chi connectivity index (χ1n) is 15.9. The van der Waals surface area contributed by atoms with Gasteiger partial charge < -0.3 is 21.1 Å². The van der Waals surface area contributed by atoms with Gasteiger partial charge in [-0.2, -0.15) is 5.26 Å². The van der Waals surface area contributed by atoms with Crippen molar-refractivity contribution in [1.29, 1.82) is 5.26 Å². The average Bonchev–Trinajstić information content (AvgIpc) is 3.07. The van der Waals surface area contributed by atoms with Gasteiger partial charge in [0.2, 0.25) is 11.8 Å². The van der Waals surface area contributed by atoms with Gasteiger partial charge in [-0.15, -0.1) is 0 Å². The molecule has 0 saturated heterocycles. The molecule has 4 rings (SSSR count). The third-order valence-corrected chi connectivity index (χ3v) is 8.67. The van der Waals surface area contributed by atoms with E-state index in [0.717, 1.165) is 42.5 Å². The number of carbonyl (C=O) groups excluding carboxylic acids is 3. The lowest BCUT2D eigenvalue weighted by Gasteiger charge is -2.37. The van der Waals surface area contributed by atoms with Gasteiger partial charge in [-0.3, -0.25) is 14.4 Å². The number of aliphatic hydroxyl groups is 1. The van der Waals surface area contributed by atoms with Crippen molar-refractivity contribution in [1.82, 2.24) is 15.1 Å². The first-order valence-corrected chi connectivity index (χ1v) is 15.9. The van der Waals surface area contributed by atoms with Crippen LogP contribution < -0.4 is 11.1 Å². The number of nitrogens with one attached hydrogen (secondary N) is 1. The lowest BCUT2D eigenvalue weighted by atomic mass is 9.75. The van der Waals surface area contributed by atoms with Crippen LogP contribution in [0.4, 0.5) is 8.78 Å². The van der Waals surface area contributed by atoms with E-state index in [4.69, 9.17) is 5.73 Å². The molecule has 1 aliphatic rings. The summed E-state index contributed by atoms with van der Waals surface area (Å²) < 4.78 is 27.8. The van der Waals surface area contributed by atoms with Gasteiger partial charge in [0.15, 0.2) is 17.8 Å². The third kappa shape index (κ3) is 9.33. The van der Waals surface area contributed by atoms with Crippen molar-refractivity contribution in [3.63, 3.8) is 0 Å². The number of hydrogen-bond acceptors (Lipinski definition) is 6. The number of nitriles is 1. The number of carbonyl (C=O) groups is 3. The highest BCUT2D eigenvalue weighted by atomic mass is 19.2. The molecule has 0 unspecified atom stereocenters. The van der Waals surface area contributed by atoms with Crippen molar-refractivity contribution >= 4 is 17.7 Å². The second-order valence-corrected chi connectivity index (χ2v) is 12.4. The van der Waals surface area contributed by atoms with Crippen molar-refractivity contribution in [2.45, 2.75) is 69.2 Å². The fourth-order valence-corrected chi connectivity index (χ4v) is 5.57. The van der Waals surface area contributed by atoms with E-state index in [1.807, 2.05) is 54.6 Å². The molecule has 1 aliphatic carbocycles. The molecule has 9 nitrogen and oxygen atoms in total. The second kappa shape index (κ2) is 16.3. The summed E-state index contributed by atoms with van der Waals surface area (Å²) in [5, 5.41) is 22.6. The highest BCUT2D eigenvalue weighted by molar-refractivity contribution is 5.95. The summed E-state index contributed by atoms with van der Waals surface area (Å²) in [5.41, 5.74) is 8.75. The van der Waals surface area contributed by atoms with Crippen LogP contribution in [0.15, 0.2) is 84.9 Å². The fraction of sp³-hybridized carbons (Fsp3) is 0.351. The highest BCUT2D eigenvalue weighted by Crippen LogP contribution is 2.32. The number of aliphatic hydroxyl groups excluding tert-OH is 1. The zero-order chi connectivity index (χ0) is 34.8. The Bertz CT molecular complexity index is 1650. The number of halogens is 2. The van der Waals surface area contributed by atoms with Crippen LogP contribution in [0.25, 0.3) is 11.1 Å². The minimum Gasteiger partial charge on any atom is -0.392 e. The maximum absolute atomic E-state index is 14.3. The number of benzene rings is 3. The number of amides is 3. The van der Waals surface area contributed by atoms with Crippen molar-refractivity contribution in [2.75, 3.05) is 13.6 Å². The Morgan fingerprint density at radius 3 is 2.19 bits per heavy atom. The molecular weight excluding hydrogens is 616 g/mol. The molecule has 1 saturated carbocycles. The Labute approximate surface area is 279 Å². The molecule has 252 valence electrons. The Morgan fingerprint density at radius 2 is 1.60 bits per heavy atom. The summed E-state index contributed by atoms with van der Waals surface area (Å²) in [6.07, 6.45) is 6.83. The molecule has 3 aromatic rings. The summed E-state index contributed by atoms with van der Waals surface area (Å²) in [7, 11) is 1.45. The molecule has 0 bridgehead atoms. The van der Waals surface area contributed by atoms with Gasteiger partial charge in [-0.1, -0.05) is 66.7 Å². The topological polar surface area (TPSA) is 140 Å². The molecule has 3 aromatic carbocycles. The summed E-state index contributed by atoms with van der Waals surface area (Å²) >= 11 is 0. The molecule has 0 aromatic heterocycles. The SMILES string of the molecule is C[C@@H](O)CNC(=O)[C@@H](Cc1ccc(F)c(F)c1)N(C#N)C(=O)[C@@H](Cc1ccc(-c2ccccc2)cc1)N(C)C(=O)/C=C/CC1(N)CCC1. The molecular formula is C37H41F2N5O4. The van der Waals surface area contributed by atoms with Crippen LogP contribution in [-0.2, 0) is 27.2 Å². The summed E-state index contributed by atoms with van der Waals surface area (Å²) in [4.78, 5) is 43.0. The number of likely N-dealkylation sites (N-methyl/N-ethyl adjacent to an activating group) is 1. The molecule has 3 amide bonds. The van der Waals surface area contributed by atoms with E-state index in [-0.39, 0.29) is 30.5 Å². The maximum atomic E-state index is 14.3. The second-order valence-electron chi connectivity index (χ2n) is 12.4. The molecule has 48 heavy (non-hydrogen) atoms. The van der Waals surface area contributed by atoms with Crippen LogP contribution in [0.3, 0.4) is 0 Å². The van der Waals surface area contributed by atoms with E-state index >= 15 is 0 Å². The minimum absolute atomic E-state index is 0.0101. The Hall–Kier alpha value is -4.92. The largest absolute Gasteiger partial charge is 0.392 e. The molecule has 3 atom stereocenters. The van der Waals surface area contributed by atoms with Crippen molar-refractivity contribution < 1.29 is 28.3 Å². The highest BCUT2D eigenvalue weighted by Gasteiger charge is 2.38. The first kappa shape index (κ1) is 35.9. The van der Waals surface area contributed by atoms with Crippen LogP contribution in [0.1, 0.15) is 43.7 Å². The van der Waals surface area contributed by atoms with Crippen molar-refractivity contribution in [3.8, 4) is 17.3 Å². The molecule has 4 N–H and O–H groups in total. The van der Waals surface area contributed by atoms with E-state index in [9.17, 15) is 33.5 Å². The Morgan fingerprint density at radius 1 is 0.979 bits per heavy atom. The van der Waals surface area contributed by atoms with E-state index in [1.165, 1.54) is 31.0 Å². The number of nitrogens with two attached hydrogens (primary N) is 1. The van der Waals surface area contributed by atoms with Crippen LogP contribution >= 0.6 is 0 Å². The standard InChI is InChI=1S/C37H41F2N5O4/c1-25(45)23-42-35(47)32(22-27-13-16-30(38)31(39)20-27)44(24-40)36(48)33(43(2)34(46)10-6-17-37(41)18-7-19-37)21-26-11-14-29(15-12-26)28-8-4-3-5-9-28/h3-6,8-16,20,25,32-33,45H,7,17-19,21-23,41H2,1-2H3,(H,42,47)/b10-6+/t25-,32-,33-/m1/s1. The molecule has 1 fully saturated rings. The quantitative estimate of drug-likeness (QED) is 0.135. The van der Waals surface area contributed by atoms with Crippen LogP contribution in [0, 0.1) is 23.1 Å². The fourth-order valence-electron chi connectivity index (χ4n) is 5.57. The zero-order valence-electron chi connectivity index (χ0n) is 27.1. The Balaban J connectivity index is 1.66. The van der Waals surface area contributed by atoms with Gasteiger partial charge in [-0.25, -0.2) is 13.7 Å². The average molecular weight is 658 g/mol. The van der Waals surface area contributed by atoms with Crippen molar-refractivity contribution in [2.24, 2.45) is 5.73 Å². The number of hydrogen-bond donors (Lipinski definition) is 3. The predicted molar refractivity (Wildman–Crippen MR) is 178 cm³/mol. The van der Waals surface area contributed by atoms with Gasteiger partial charge in [0.25, 0.3) is 5.91 Å². The lowest BCUT2D eigenvalue weighted by molar-refractivity contribution is -0.144. The molecule has 0 heterocycles. The van der Waals surface area contributed by atoms with Gasteiger partial charge in [0, 0.05) is 32.0 Å². The summed E-state index contributed by atoms with van der Waals surface area (Å²) in [6, 6.07) is 17.5. The number of nitrogens with zero attached hydrogens (tertiary/aromatic N) is 3. The smallest absolute Gasteiger partial charge is 0.259 e. The predicted octanol–water partition coefficient (Wildman–Crippen LogP) is 4.25. The zero-order valence-corrected chi connectivity index (χ0v) is 27.1. The van der Waals surface area contributed by atoms with Gasteiger partial charge >= 0.3 is 0 Å². The maximum Gasteiger partial charge on any atom is 0.259 e. The molecule has 11 heteroatoms. The monoisotopic (exact) mass is 657 g/mol. The van der Waals surface area contributed by atoms with E-state index in [1.54, 1.807) is 12.3 Å². The van der Waals surface area contributed by atoms with Gasteiger partial charge in [0.1, 0.15) is 12.1 Å². The number of rotatable bonds is 14. The first-order chi connectivity index (χ1) is 22.9. The third-order valence-electron chi connectivity index (χ3n) is 8.67. The molecule has 0 radical (unpaired) electrons. The van der Waals surface area contributed by atoms with Gasteiger partial charge in [0.05, 0.1) is 6.10 Å². The summed E-state index contributed by atoms with van der Waals surface area (Å²) in [5.74, 6) is -4.37. The Kier molecular flexibility index (Phi) is 12.2. The van der Waals surface area contributed by atoms with E-state index in [2.05, 4.69) is 5.32 Å². The normalized spacial score (nSPS) is 15.4. The molecule has 0 spiro atoms. The van der Waals surface area contributed by atoms with Crippen LogP contribution in [0.5, 0.6) is 0 Å². The minimum atomic E-state index is -1.50. The van der Waals surface area contributed by atoms with Crippen LogP contribution in [0.2, 0.25) is 0 Å². The molecule has 0 aliphatic heterocycles. The van der Waals surface area contributed by atoms with Crippen molar-refractivity contribution in [3.05, 3.63) is 108 Å². The van der Waals surface area contributed by atoms with E-state index < -0.39 is 47.5 Å².